The summed E-state index contributed by atoms with van der Waals surface area (Å²) >= 11 is 0. The maximum absolute atomic E-state index is 11.4. The maximum atomic E-state index is 11.4. The Kier molecular flexibility index (Phi) is 4.03. The first-order chi connectivity index (χ1) is 8.93. The Labute approximate surface area is 114 Å². The van der Waals surface area contributed by atoms with E-state index in [1.807, 2.05) is 11.6 Å². The molecule has 7 heteroatoms. The average Bonchev–Trinajstić information content (AvgIpc) is 2.60. The number of anilines is 2. The van der Waals surface area contributed by atoms with Crippen molar-refractivity contribution in [1.82, 2.24) is 9.78 Å². The number of nitrogen functional groups attached to an aromatic ring is 1. The van der Waals surface area contributed by atoms with E-state index in [0.717, 1.165) is 24.5 Å². The second-order valence-electron chi connectivity index (χ2n) is 5.14. The van der Waals surface area contributed by atoms with Gasteiger partial charge in [0.05, 0.1) is 22.9 Å². The number of nitrogens with two attached hydrogens (primary N) is 1. The van der Waals surface area contributed by atoms with E-state index in [1.54, 1.807) is 0 Å². The zero-order valence-corrected chi connectivity index (χ0v) is 12.3. The van der Waals surface area contributed by atoms with Crippen molar-refractivity contribution in [2.45, 2.75) is 45.7 Å². The molecular weight excluding hydrogens is 264 g/mol. The molecule has 0 bridgehead atoms. The molecule has 2 heterocycles. The molecule has 0 aliphatic carbocycles. The van der Waals surface area contributed by atoms with E-state index in [0.29, 0.717) is 18.5 Å². The van der Waals surface area contributed by atoms with E-state index < -0.39 is 9.84 Å². The maximum Gasteiger partial charge on any atom is 0.150 e. The zero-order chi connectivity index (χ0) is 14.0. The molecule has 1 saturated heterocycles. The molecule has 0 atom stereocenters. The average molecular weight is 286 g/mol. The highest BCUT2D eigenvalue weighted by Gasteiger charge is 2.25. The van der Waals surface area contributed by atoms with Gasteiger partial charge < -0.3 is 11.1 Å². The number of nitrogens with one attached hydrogen (secondary N) is 1. The molecule has 1 aromatic heterocycles. The summed E-state index contributed by atoms with van der Waals surface area (Å²) in [4.78, 5) is 0. The molecule has 108 valence electrons. The molecule has 19 heavy (non-hydrogen) atoms. The third-order valence-corrected chi connectivity index (χ3v) is 5.22. The van der Waals surface area contributed by atoms with Gasteiger partial charge in [-0.05, 0) is 26.2 Å². The lowest BCUT2D eigenvalue weighted by Gasteiger charge is -2.24. The van der Waals surface area contributed by atoms with Gasteiger partial charge in [-0.25, -0.2) is 13.1 Å². The molecule has 1 aliphatic heterocycles. The fraction of sp³-hybridized carbons (Fsp3) is 0.750. The molecule has 0 spiro atoms. The Morgan fingerprint density at radius 3 is 2.63 bits per heavy atom. The van der Waals surface area contributed by atoms with Crippen molar-refractivity contribution in [3.63, 3.8) is 0 Å². The van der Waals surface area contributed by atoms with Crippen LogP contribution in [0.25, 0.3) is 0 Å². The Morgan fingerprint density at radius 2 is 2.05 bits per heavy atom. The quantitative estimate of drug-likeness (QED) is 0.867. The topological polar surface area (TPSA) is 90.0 Å². The summed E-state index contributed by atoms with van der Waals surface area (Å²) in [6.45, 7) is 4.79. The van der Waals surface area contributed by atoms with Crippen LogP contribution in [0.4, 0.5) is 11.5 Å². The van der Waals surface area contributed by atoms with E-state index in [1.165, 1.54) is 0 Å². The molecule has 2 rings (SSSR count). The Balaban J connectivity index is 2.11. The largest absolute Gasteiger partial charge is 0.394 e. The number of aromatic nitrogens is 2. The molecule has 0 radical (unpaired) electrons. The lowest BCUT2D eigenvalue weighted by molar-refractivity contribution is 0.552. The highest BCUT2D eigenvalue weighted by atomic mass is 32.2. The first kappa shape index (κ1) is 14.2. The van der Waals surface area contributed by atoms with Crippen molar-refractivity contribution in [3.05, 3.63) is 5.69 Å². The van der Waals surface area contributed by atoms with Gasteiger partial charge in [0, 0.05) is 12.6 Å². The van der Waals surface area contributed by atoms with Gasteiger partial charge in [0.15, 0.2) is 0 Å². The fourth-order valence-corrected chi connectivity index (χ4v) is 3.84. The summed E-state index contributed by atoms with van der Waals surface area (Å²) in [5.74, 6) is 1.35. The van der Waals surface area contributed by atoms with Crippen LogP contribution < -0.4 is 11.1 Å². The molecule has 1 aliphatic rings. The standard InChI is InChI=1S/C12H22N4O2S/c1-3-6-16-12(11(13)9(2)15-16)14-10-4-7-19(17,18)8-5-10/h10,14H,3-8,13H2,1-2H3. The summed E-state index contributed by atoms with van der Waals surface area (Å²) < 4.78 is 24.7. The van der Waals surface area contributed by atoms with Crippen molar-refractivity contribution in [2.24, 2.45) is 0 Å². The Hall–Kier alpha value is -1.24. The molecule has 3 N–H and O–H groups in total. The van der Waals surface area contributed by atoms with Gasteiger partial charge in [-0.15, -0.1) is 0 Å². The van der Waals surface area contributed by atoms with E-state index in [2.05, 4.69) is 17.3 Å². The van der Waals surface area contributed by atoms with Crippen LogP contribution in [0.5, 0.6) is 0 Å². The monoisotopic (exact) mass is 286 g/mol. The van der Waals surface area contributed by atoms with Gasteiger partial charge in [-0.3, -0.25) is 0 Å². The van der Waals surface area contributed by atoms with Crippen LogP contribution in [-0.4, -0.2) is 35.7 Å². The van der Waals surface area contributed by atoms with Gasteiger partial charge >= 0.3 is 0 Å². The SMILES string of the molecule is CCCn1nc(C)c(N)c1NC1CCS(=O)(=O)CC1. The van der Waals surface area contributed by atoms with Crippen LogP contribution in [0.2, 0.25) is 0 Å². The summed E-state index contributed by atoms with van der Waals surface area (Å²) in [5.41, 5.74) is 7.53. The summed E-state index contributed by atoms with van der Waals surface area (Å²) in [6, 6.07) is 0.164. The minimum atomic E-state index is -2.83. The van der Waals surface area contributed by atoms with Gasteiger partial charge in [0.1, 0.15) is 15.7 Å². The lowest BCUT2D eigenvalue weighted by atomic mass is 10.1. The highest BCUT2D eigenvalue weighted by Crippen LogP contribution is 2.25. The number of aryl methyl sites for hydroxylation is 2. The van der Waals surface area contributed by atoms with Gasteiger partial charge in [-0.2, -0.15) is 5.10 Å². The number of rotatable bonds is 4. The van der Waals surface area contributed by atoms with Gasteiger partial charge in [-0.1, -0.05) is 6.92 Å². The second kappa shape index (κ2) is 5.40. The normalized spacial score (nSPS) is 19.5. The van der Waals surface area contributed by atoms with Crippen molar-refractivity contribution in [2.75, 3.05) is 22.6 Å². The van der Waals surface area contributed by atoms with Crippen molar-refractivity contribution in [1.29, 1.82) is 0 Å². The van der Waals surface area contributed by atoms with Crippen LogP contribution in [0, 0.1) is 6.92 Å². The van der Waals surface area contributed by atoms with E-state index in [9.17, 15) is 8.42 Å². The summed E-state index contributed by atoms with van der Waals surface area (Å²) in [6.07, 6.45) is 2.25. The summed E-state index contributed by atoms with van der Waals surface area (Å²) in [5, 5.41) is 7.78. The highest BCUT2D eigenvalue weighted by molar-refractivity contribution is 7.91. The van der Waals surface area contributed by atoms with E-state index >= 15 is 0 Å². The van der Waals surface area contributed by atoms with Crippen LogP contribution in [-0.2, 0) is 16.4 Å². The van der Waals surface area contributed by atoms with Crippen LogP contribution in [0.3, 0.4) is 0 Å². The molecule has 0 amide bonds. The minimum Gasteiger partial charge on any atom is -0.394 e. The lowest BCUT2D eigenvalue weighted by Crippen LogP contribution is -2.33. The predicted molar refractivity (Wildman–Crippen MR) is 77.0 cm³/mol. The molecule has 0 aromatic carbocycles. The van der Waals surface area contributed by atoms with Crippen molar-refractivity contribution in [3.8, 4) is 0 Å². The van der Waals surface area contributed by atoms with Crippen LogP contribution in [0.15, 0.2) is 0 Å². The summed E-state index contributed by atoms with van der Waals surface area (Å²) in [7, 11) is -2.83. The zero-order valence-electron chi connectivity index (χ0n) is 11.5. The fourth-order valence-electron chi connectivity index (χ4n) is 2.35. The van der Waals surface area contributed by atoms with Crippen LogP contribution in [0.1, 0.15) is 31.9 Å². The molecule has 0 unspecified atom stereocenters. The predicted octanol–water partition coefficient (Wildman–Crippen LogP) is 1.17. The molecule has 6 nitrogen and oxygen atoms in total. The number of sulfone groups is 1. The first-order valence-corrected chi connectivity index (χ1v) is 8.55. The van der Waals surface area contributed by atoms with Gasteiger partial charge in [0.25, 0.3) is 0 Å². The van der Waals surface area contributed by atoms with Crippen LogP contribution >= 0.6 is 0 Å². The Bertz CT molecular complexity index is 536. The number of hydrogen-bond acceptors (Lipinski definition) is 5. The van der Waals surface area contributed by atoms with Gasteiger partial charge in [0.2, 0.25) is 0 Å². The molecule has 0 saturated carbocycles. The minimum absolute atomic E-state index is 0.164. The molecule has 1 fully saturated rings. The molecular formula is C12H22N4O2S. The molecule has 1 aromatic rings. The smallest absolute Gasteiger partial charge is 0.150 e. The number of nitrogens with zero attached hydrogens (tertiary/aromatic N) is 2. The first-order valence-electron chi connectivity index (χ1n) is 6.73. The van der Waals surface area contributed by atoms with Crippen molar-refractivity contribution < 1.29 is 8.42 Å². The Morgan fingerprint density at radius 1 is 1.42 bits per heavy atom. The third-order valence-electron chi connectivity index (χ3n) is 3.50. The van der Waals surface area contributed by atoms with E-state index in [4.69, 9.17) is 5.73 Å². The van der Waals surface area contributed by atoms with E-state index in [-0.39, 0.29) is 17.5 Å². The van der Waals surface area contributed by atoms with Crippen molar-refractivity contribution >= 4 is 21.3 Å². The number of hydrogen-bond donors (Lipinski definition) is 2. The second-order valence-corrected chi connectivity index (χ2v) is 7.44. The third kappa shape index (κ3) is 3.20.